The van der Waals surface area contributed by atoms with E-state index in [0.717, 1.165) is 72.6 Å². The number of benzene rings is 4. The highest BCUT2D eigenvalue weighted by Crippen LogP contribution is 2.57. The summed E-state index contributed by atoms with van der Waals surface area (Å²) in [6, 6.07) is 39.2. The van der Waals surface area contributed by atoms with E-state index in [1.54, 1.807) is 0 Å². The Labute approximate surface area is 259 Å². The standard InChI is InChI=1S/C39H20N6O/c1-2-10-25-22(9-1)23-14-16-30-34-36(23)44(25)31-13-5-6-19-42(31)39(34)33-29(46-30)17-15-24-32(33)38-43(26-11-3-4-12-27(26)45(38)39)28-20-21-8-7-18-40-37(21)41-35(24)28/h1-20H/q+2. The maximum atomic E-state index is 6.95. The van der Waals surface area contributed by atoms with Crippen molar-refractivity contribution in [2.75, 3.05) is 0 Å². The van der Waals surface area contributed by atoms with Crippen LogP contribution in [0.3, 0.4) is 0 Å². The number of imidazole rings is 1. The van der Waals surface area contributed by atoms with Crippen molar-refractivity contribution >= 4 is 71.3 Å². The quantitative estimate of drug-likeness (QED) is 0.108. The molecule has 4 aromatic carbocycles. The number of ether oxygens (including phenoxy) is 1. The van der Waals surface area contributed by atoms with Crippen molar-refractivity contribution in [3.8, 4) is 17.3 Å². The second-order valence-electron chi connectivity index (χ2n) is 12.6. The minimum atomic E-state index is -0.741. The van der Waals surface area contributed by atoms with Gasteiger partial charge in [0.15, 0.2) is 27.7 Å². The normalized spacial score (nSPS) is 17.0. The zero-order valence-electron chi connectivity index (χ0n) is 24.1. The summed E-state index contributed by atoms with van der Waals surface area (Å²) < 4.78 is 16.9. The molecule has 9 heterocycles. The van der Waals surface area contributed by atoms with Gasteiger partial charge in [0.05, 0.1) is 11.6 Å². The second kappa shape index (κ2) is 6.98. The summed E-state index contributed by atoms with van der Waals surface area (Å²) in [6.07, 6.45) is 4.07. The Kier molecular flexibility index (Phi) is 3.37. The van der Waals surface area contributed by atoms with Gasteiger partial charge in [-0.1, -0.05) is 30.3 Å². The maximum Gasteiger partial charge on any atom is 0.319 e. The fourth-order valence-electron chi connectivity index (χ4n) is 9.18. The SMILES string of the molecule is c1cc[n+]2c(c1)-n1c3ccccc3c3ccc4c(c31)C21c2c(ccc3c5nc6ncccc6cc5n5c6ccccc6[n+]1c5c23)O4. The van der Waals surface area contributed by atoms with Crippen LogP contribution in [0.25, 0.3) is 77.1 Å². The molecule has 1 spiro atoms. The number of hydrogen-bond donors (Lipinski definition) is 0. The van der Waals surface area contributed by atoms with E-state index in [-0.39, 0.29) is 0 Å². The van der Waals surface area contributed by atoms with E-state index >= 15 is 0 Å². The summed E-state index contributed by atoms with van der Waals surface area (Å²) in [5.74, 6) is 2.87. The molecule has 0 fully saturated rings. The molecule has 13 rings (SSSR count). The molecular formula is C39H20N6O+2. The van der Waals surface area contributed by atoms with E-state index in [4.69, 9.17) is 9.72 Å². The number of para-hydroxylation sites is 3. The largest absolute Gasteiger partial charge is 0.456 e. The lowest BCUT2D eigenvalue weighted by atomic mass is 9.83. The molecule has 7 heteroatoms. The van der Waals surface area contributed by atoms with Crippen molar-refractivity contribution in [3.05, 3.63) is 133 Å². The monoisotopic (exact) mass is 588 g/mol. The molecule has 0 amide bonds. The maximum absolute atomic E-state index is 6.95. The molecule has 46 heavy (non-hydrogen) atoms. The van der Waals surface area contributed by atoms with Gasteiger partial charge in [0, 0.05) is 33.8 Å². The Morgan fingerprint density at radius 1 is 0.696 bits per heavy atom. The minimum Gasteiger partial charge on any atom is -0.456 e. The summed E-state index contributed by atoms with van der Waals surface area (Å²) >= 11 is 0. The van der Waals surface area contributed by atoms with Gasteiger partial charge in [-0.05, 0) is 72.8 Å². The first-order valence-corrected chi connectivity index (χ1v) is 15.6. The minimum absolute atomic E-state index is 0.741. The van der Waals surface area contributed by atoms with Crippen LogP contribution < -0.4 is 13.9 Å². The van der Waals surface area contributed by atoms with E-state index in [9.17, 15) is 0 Å². The first-order valence-electron chi connectivity index (χ1n) is 15.6. The zero-order valence-corrected chi connectivity index (χ0v) is 24.1. The fraction of sp³-hybridized carbons (Fsp3) is 0.0256. The summed E-state index contributed by atoms with van der Waals surface area (Å²) in [5, 5.41) is 5.75. The van der Waals surface area contributed by atoms with E-state index in [2.05, 4.69) is 132 Å². The van der Waals surface area contributed by atoms with Crippen LogP contribution in [0.15, 0.2) is 122 Å². The van der Waals surface area contributed by atoms with Gasteiger partial charge >= 0.3 is 11.3 Å². The van der Waals surface area contributed by atoms with Crippen molar-refractivity contribution in [1.82, 2.24) is 18.9 Å². The van der Waals surface area contributed by atoms with Crippen molar-refractivity contribution in [3.63, 3.8) is 0 Å². The van der Waals surface area contributed by atoms with Gasteiger partial charge in [-0.2, -0.15) is 18.1 Å². The third-order valence-electron chi connectivity index (χ3n) is 10.7. The molecule has 6 aromatic heterocycles. The topological polar surface area (TPSA) is 52.1 Å². The summed E-state index contributed by atoms with van der Waals surface area (Å²) in [4.78, 5) is 9.90. The van der Waals surface area contributed by atoms with Crippen LogP contribution >= 0.6 is 0 Å². The van der Waals surface area contributed by atoms with Gasteiger partial charge < -0.3 is 4.74 Å². The molecular weight excluding hydrogens is 568 g/mol. The van der Waals surface area contributed by atoms with Gasteiger partial charge in [-0.25, -0.2) is 9.97 Å². The third kappa shape index (κ3) is 2.09. The Morgan fingerprint density at radius 2 is 1.52 bits per heavy atom. The lowest BCUT2D eigenvalue weighted by Crippen LogP contribution is -2.75. The lowest BCUT2D eigenvalue weighted by Gasteiger charge is -2.36. The van der Waals surface area contributed by atoms with Gasteiger partial charge in [-0.3, -0.25) is 0 Å². The molecule has 10 aromatic rings. The predicted molar refractivity (Wildman–Crippen MR) is 176 cm³/mol. The Balaban J connectivity index is 1.39. The fourth-order valence-corrected chi connectivity index (χ4v) is 9.18. The summed E-state index contributed by atoms with van der Waals surface area (Å²) in [5.41, 5.74) is 10.1. The predicted octanol–water partition coefficient (Wildman–Crippen LogP) is 7.04. The van der Waals surface area contributed by atoms with Crippen molar-refractivity contribution in [2.45, 2.75) is 5.66 Å². The summed E-state index contributed by atoms with van der Waals surface area (Å²) in [7, 11) is 0. The molecule has 1 atom stereocenters. The van der Waals surface area contributed by atoms with Crippen LogP contribution in [-0.4, -0.2) is 18.9 Å². The Bertz CT molecular complexity index is 3130. The number of aromatic nitrogens is 6. The molecule has 210 valence electrons. The van der Waals surface area contributed by atoms with Crippen LogP contribution in [0.5, 0.6) is 11.5 Å². The van der Waals surface area contributed by atoms with Crippen LogP contribution in [0.1, 0.15) is 11.1 Å². The Hall–Kier alpha value is -6.34. The molecule has 1 unspecified atom stereocenters. The highest BCUT2D eigenvalue weighted by atomic mass is 16.5. The number of hydrogen-bond acceptors (Lipinski definition) is 3. The highest BCUT2D eigenvalue weighted by molar-refractivity contribution is 6.17. The Morgan fingerprint density at radius 3 is 2.48 bits per heavy atom. The van der Waals surface area contributed by atoms with Gasteiger partial charge in [0.25, 0.3) is 5.82 Å². The van der Waals surface area contributed by atoms with Crippen molar-refractivity contribution < 1.29 is 13.9 Å². The van der Waals surface area contributed by atoms with Gasteiger partial charge in [0.1, 0.15) is 33.7 Å². The summed E-state index contributed by atoms with van der Waals surface area (Å²) in [6.45, 7) is 0. The van der Waals surface area contributed by atoms with E-state index in [1.165, 1.54) is 27.2 Å². The number of fused-ring (bicyclic) bond motifs is 12. The van der Waals surface area contributed by atoms with E-state index in [0.29, 0.717) is 0 Å². The molecule has 0 saturated carbocycles. The molecule has 0 radical (unpaired) electrons. The zero-order chi connectivity index (χ0) is 29.5. The number of rotatable bonds is 0. The van der Waals surface area contributed by atoms with Crippen molar-refractivity contribution in [2.24, 2.45) is 0 Å². The van der Waals surface area contributed by atoms with Crippen molar-refractivity contribution in [1.29, 1.82) is 0 Å². The molecule has 0 N–H and O–H groups in total. The van der Waals surface area contributed by atoms with Crippen LogP contribution in [0.4, 0.5) is 0 Å². The smallest absolute Gasteiger partial charge is 0.319 e. The molecule has 3 aliphatic rings. The second-order valence-corrected chi connectivity index (χ2v) is 12.6. The van der Waals surface area contributed by atoms with E-state index < -0.39 is 5.66 Å². The molecule has 7 nitrogen and oxygen atoms in total. The molecule has 0 bridgehead atoms. The molecule has 0 saturated heterocycles. The van der Waals surface area contributed by atoms with Crippen LogP contribution in [0.2, 0.25) is 0 Å². The number of nitrogens with zero attached hydrogens (tertiary/aromatic N) is 6. The molecule has 0 aliphatic carbocycles. The average molecular weight is 589 g/mol. The van der Waals surface area contributed by atoms with E-state index in [1.807, 2.05) is 12.3 Å². The average Bonchev–Trinajstić information content (AvgIpc) is 3.74. The van der Waals surface area contributed by atoms with Gasteiger partial charge in [0.2, 0.25) is 0 Å². The highest BCUT2D eigenvalue weighted by Gasteiger charge is 2.65. The van der Waals surface area contributed by atoms with Crippen LogP contribution in [0, 0.1) is 0 Å². The molecule has 3 aliphatic heterocycles. The first kappa shape index (κ1) is 22.2. The van der Waals surface area contributed by atoms with Crippen LogP contribution in [-0.2, 0) is 5.66 Å². The van der Waals surface area contributed by atoms with Gasteiger partial charge in [-0.15, -0.1) is 0 Å². The number of pyridine rings is 4. The first-order chi connectivity index (χ1) is 22.8. The third-order valence-corrected chi connectivity index (χ3v) is 10.7. The lowest BCUT2D eigenvalue weighted by molar-refractivity contribution is -0.946.